The van der Waals surface area contributed by atoms with Crippen LogP contribution in [0, 0.1) is 0 Å². The second kappa shape index (κ2) is 4.85. The van der Waals surface area contributed by atoms with Crippen LogP contribution < -0.4 is 5.32 Å². The van der Waals surface area contributed by atoms with Gasteiger partial charge in [0.05, 0.1) is 23.7 Å². The predicted octanol–water partition coefficient (Wildman–Crippen LogP) is 2.13. The molecular formula is C13H19BrN4O. The third-order valence-electron chi connectivity index (χ3n) is 3.68. The molecule has 0 unspecified atom stereocenters. The fourth-order valence-corrected chi connectivity index (χ4v) is 1.88. The molecule has 6 heteroatoms. The standard InChI is InChI=1S/C13H19BrN4O/c1-12(2,13(3,4)19)17-6-9-5-16-11-7-15-10(14)8-18(9)11/h5,7-8,17,19H,6H2,1-4H3. The van der Waals surface area contributed by atoms with E-state index in [4.69, 9.17) is 0 Å². The lowest BCUT2D eigenvalue weighted by molar-refractivity contribution is -0.00548. The summed E-state index contributed by atoms with van der Waals surface area (Å²) in [5.74, 6) is 0. The normalized spacial score (nSPS) is 13.2. The highest BCUT2D eigenvalue weighted by atomic mass is 79.9. The predicted molar refractivity (Wildman–Crippen MR) is 77.9 cm³/mol. The van der Waals surface area contributed by atoms with Crippen LogP contribution in [0.25, 0.3) is 5.65 Å². The van der Waals surface area contributed by atoms with E-state index in [1.165, 1.54) is 0 Å². The Balaban J connectivity index is 2.21. The van der Waals surface area contributed by atoms with Crippen molar-refractivity contribution in [2.75, 3.05) is 0 Å². The van der Waals surface area contributed by atoms with Crippen molar-refractivity contribution in [3.05, 3.63) is 28.9 Å². The van der Waals surface area contributed by atoms with Crippen molar-refractivity contribution in [2.45, 2.75) is 45.4 Å². The molecule has 2 rings (SSSR count). The molecule has 0 fully saturated rings. The molecule has 0 aromatic carbocycles. The molecule has 104 valence electrons. The summed E-state index contributed by atoms with van der Waals surface area (Å²) in [6.07, 6.45) is 5.42. The molecule has 0 spiro atoms. The smallest absolute Gasteiger partial charge is 0.155 e. The minimum atomic E-state index is -0.810. The lowest BCUT2D eigenvalue weighted by atomic mass is 9.86. The van der Waals surface area contributed by atoms with Crippen molar-refractivity contribution in [1.29, 1.82) is 0 Å². The topological polar surface area (TPSA) is 62.5 Å². The number of aliphatic hydroxyl groups is 1. The van der Waals surface area contributed by atoms with Gasteiger partial charge in [0.1, 0.15) is 4.60 Å². The molecule has 2 heterocycles. The van der Waals surface area contributed by atoms with E-state index < -0.39 is 11.1 Å². The summed E-state index contributed by atoms with van der Waals surface area (Å²) in [4.78, 5) is 8.44. The minimum absolute atomic E-state index is 0.401. The van der Waals surface area contributed by atoms with Crippen molar-refractivity contribution in [3.8, 4) is 0 Å². The maximum absolute atomic E-state index is 10.1. The fraction of sp³-hybridized carbons (Fsp3) is 0.538. The molecular weight excluding hydrogens is 308 g/mol. The van der Waals surface area contributed by atoms with E-state index in [0.29, 0.717) is 6.54 Å². The van der Waals surface area contributed by atoms with Crippen molar-refractivity contribution < 1.29 is 5.11 Å². The first-order valence-electron chi connectivity index (χ1n) is 6.15. The molecule has 19 heavy (non-hydrogen) atoms. The number of hydrogen-bond acceptors (Lipinski definition) is 4. The number of nitrogens with zero attached hydrogens (tertiary/aromatic N) is 3. The van der Waals surface area contributed by atoms with Crippen LogP contribution in [0.15, 0.2) is 23.2 Å². The summed E-state index contributed by atoms with van der Waals surface area (Å²) in [5.41, 5.74) is 0.619. The van der Waals surface area contributed by atoms with Crippen LogP contribution in [0.1, 0.15) is 33.4 Å². The molecule has 5 nitrogen and oxygen atoms in total. The molecule has 0 amide bonds. The maximum Gasteiger partial charge on any atom is 0.155 e. The zero-order valence-corrected chi connectivity index (χ0v) is 13.2. The Hall–Kier alpha value is -0.980. The van der Waals surface area contributed by atoms with Gasteiger partial charge in [-0.15, -0.1) is 0 Å². The Morgan fingerprint density at radius 1 is 1.26 bits per heavy atom. The highest BCUT2D eigenvalue weighted by molar-refractivity contribution is 9.10. The molecule has 0 bridgehead atoms. The van der Waals surface area contributed by atoms with Crippen molar-refractivity contribution in [1.82, 2.24) is 19.7 Å². The first-order valence-corrected chi connectivity index (χ1v) is 6.95. The Bertz CT molecular complexity index is 586. The molecule has 2 N–H and O–H groups in total. The number of nitrogens with one attached hydrogen (secondary N) is 1. The number of aromatic nitrogens is 3. The third kappa shape index (κ3) is 2.96. The first-order chi connectivity index (χ1) is 8.71. The van der Waals surface area contributed by atoms with E-state index in [1.807, 2.05) is 30.6 Å². The number of imidazole rings is 1. The molecule has 2 aromatic rings. The molecule has 0 radical (unpaired) electrons. The Labute approximate surface area is 121 Å². The van der Waals surface area contributed by atoms with Gasteiger partial charge in [0.25, 0.3) is 0 Å². The van der Waals surface area contributed by atoms with Gasteiger partial charge in [-0.2, -0.15) is 0 Å². The van der Waals surface area contributed by atoms with Gasteiger partial charge in [0.15, 0.2) is 5.65 Å². The molecule has 0 saturated carbocycles. The third-order valence-corrected chi connectivity index (χ3v) is 4.09. The van der Waals surface area contributed by atoms with E-state index >= 15 is 0 Å². The Kier molecular flexibility index (Phi) is 3.68. The molecule has 0 aliphatic carbocycles. The molecule has 0 aliphatic heterocycles. The summed E-state index contributed by atoms with van der Waals surface area (Å²) < 4.78 is 2.74. The number of hydrogen-bond donors (Lipinski definition) is 2. The largest absolute Gasteiger partial charge is 0.389 e. The zero-order valence-electron chi connectivity index (χ0n) is 11.6. The minimum Gasteiger partial charge on any atom is -0.389 e. The van der Waals surface area contributed by atoms with Crippen LogP contribution in [0.5, 0.6) is 0 Å². The second-order valence-electron chi connectivity index (χ2n) is 5.73. The zero-order chi connectivity index (χ0) is 14.3. The van der Waals surface area contributed by atoms with Gasteiger partial charge in [-0.25, -0.2) is 9.97 Å². The monoisotopic (exact) mass is 326 g/mol. The van der Waals surface area contributed by atoms with Crippen molar-refractivity contribution in [3.63, 3.8) is 0 Å². The van der Waals surface area contributed by atoms with E-state index in [9.17, 15) is 5.11 Å². The highest BCUT2D eigenvalue weighted by Crippen LogP contribution is 2.21. The van der Waals surface area contributed by atoms with Crippen LogP contribution in [0.4, 0.5) is 0 Å². The van der Waals surface area contributed by atoms with Crippen LogP contribution >= 0.6 is 15.9 Å². The van der Waals surface area contributed by atoms with Crippen molar-refractivity contribution >= 4 is 21.6 Å². The van der Waals surface area contributed by atoms with Gasteiger partial charge in [-0.1, -0.05) is 0 Å². The van der Waals surface area contributed by atoms with Gasteiger partial charge in [-0.05, 0) is 43.6 Å². The van der Waals surface area contributed by atoms with Crippen LogP contribution in [-0.2, 0) is 6.54 Å². The molecule has 0 atom stereocenters. The van der Waals surface area contributed by atoms with Crippen LogP contribution in [0.2, 0.25) is 0 Å². The SMILES string of the molecule is CC(C)(O)C(C)(C)NCc1cnc2cnc(Br)cn12. The summed E-state index contributed by atoms with van der Waals surface area (Å²) in [5, 5.41) is 13.5. The molecule has 2 aromatic heterocycles. The second-order valence-corrected chi connectivity index (χ2v) is 6.54. The Morgan fingerprint density at radius 3 is 2.58 bits per heavy atom. The summed E-state index contributed by atoms with van der Waals surface area (Å²) in [7, 11) is 0. The van der Waals surface area contributed by atoms with Gasteiger partial charge in [0, 0.05) is 18.3 Å². The maximum atomic E-state index is 10.1. The molecule has 0 saturated heterocycles. The lowest BCUT2D eigenvalue weighted by Gasteiger charge is -2.38. The number of rotatable bonds is 4. The van der Waals surface area contributed by atoms with Gasteiger partial charge in [0.2, 0.25) is 0 Å². The van der Waals surface area contributed by atoms with Crippen LogP contribution in [0.3, 0.4) is 0 Å². The Morgan fingerprint density at radius 2 is 1.95 bits per heavy atom. The quantitative estimate of drug-likeness (QED) is 0.903. The highest BCUT2D eigenvalue weighted by Gasteiger charge is 2.34. The van der Waals surface area contributed by atoms with Gasteiger partial charge in [-0.3, -0.25) is 4.40 Å². The average molecular weight is 327 g/mol. The van der Waals surface area contributed by atoms with Crippen molar-refractivity contribution in [2.24, 2.45) is 0 Å². The van der Waals surface area contributed by atoms with Gasteiger partial charge >= 0.3 is 0 Å². The summed E-state index contributed by atoms with van der Waals surface area (Å²) in [6, 6.07) is 0. The lowest BCUT2D eigenvalue weighted by Crippen LogP contribution is -2.55. The van der Waals surface area contributed by atoms with E-state index in [1.54, 1.807) is 20.0 Å². The number of halogens is 1. The fourth-order valence-electron chi connectivity index (χ4n) is 1.57. The first kappa shape index (κ1) is 14.4. The molecule has 0 aliphatic rings. The summed E-state index contributed by atoms with van der Waals surface area (Å²) >= 11 is 3.35. The van der Waals surface area contributed by atoms with Crippen LogP contribution in [-0.4, -0.2) is 30.6 Å². The van der Waals surface area contributed by atoms with E-state index in [2.05, 4.69) is 31.2 Å². The van der Waals surface area contributed by atoms with E-state index in [-0.39, 0.29) is 0 Å². The average Bonchev–Trinajstić information content (AvgIpc) is 2.67. The van der Waals surface area contributed by atoms with Gasteiger partial charge < -0.3 is 10.4 Å². The van der Waals surface area contributed by atoms with E-state index in [0.717, 1.165) is 15.9 Å². The number of fused-ring (bicyclic) bond motifs is 1. The summed E-state index contributed by atoms with van der Waals surface area (Å²) in [6.45, 7) is 8.18.